The van der Waals surface area contributed by atoms with Gasteiger partial charge in [-0.1, -0.05) is 18.7 Å². The van der Waals surface area contributed by atoms with Gasteiger partial charge in [0.15, 0.2) is 5.82 Å². The number of fused-ring (bicyclic) bond motifs is 1. The third-order valence-corrected chi connectivity index (χ3v) is 6.17. The Balaban J connectivity index is 1.69. The van der Waals surface area contributed by atoms with Crippen LogP contribution in [0, 0.1) is 0 Å². The van der Waals surface area contributed by atoms with Crippen molar-refractivity contribution in [3.8, 4) is 11.6 Å². The van der Waals surface area contributed by atoms with E-state index in [1.54, 1.807) is 30.3 Å². The predicted octanol–water partition coefficient (Wildman–Crippen LogP) is 3.68. The van der Waals surface area contributed by atoms with Gasteiger partial charge < -0.3 is 30.3 Å². The van der Waals surface area contributed by atoms with Crippen molar-refractivity contribution >= 4 is 40.6 Å². The monoisotopic (exact) mass is 529 g/mol. The zero-order valence-corrected chi connectivity index (χ0v) is 22.8. The molecule has 0 saturated heterocycles. The number of nitrogens with one attached hydrogen (secondary N) is 2. The molecule has 0 bridgehead atoms. The van der Waals surface area contributed by atoms with Gasteiger partial charge in [-0.05, 0) is 44.6 Å². The molecule has 11 heteroatoms. The van der Waals surface area contributed by atoms with Crippen molar-refractivity contribution in [1.82, 2.24) is 24.6 Å². The van der Waals surface area contributed by atoms with E-state index in [9.17, 15) is 5.11 Å². The molecule has 0 aliphatic carbocycles. The normalized spacial score (nSPS) is 11.8. The first-order chi connectivity index (χ1) is 18.8. The minimum absolute atomic E-state index is 0.363. The zero-order valence-electron chi connectivity index (χ0n) is 22.8. The number of likely N-dealkylation sites (N-methyl/N-ethyl adjacent to an activating group) is 2. The Kier molecular flexibility index (Phi) is 8.74. The molecule has 4 rings (SSSR count). The van der Waals surface area contributed by atoms with Gasteiger partial charge in [0, 0.05) is 43.9 Å². The van der Waals surface area contributed by atoms with Crippen LogP contribution in [0.2, 0.25) is 0 Å². The summed E-state index contributed by atoms with van der Waals surface area (Å²) >= 11 is 0. The summed E-state index contributed by atoms with van der Waals surface area (Å²) in [7, 11) is 7.66. The second-order valence-corrected chi connectivity index (χ2v) is 9.31. The molecule has 0 spiro atoms. The van der Waals surface area contributed by atoms with Crippen molar-refractivity contribution < 1.29 is 9.84 Å². The van der Waals surface area contributed by atoms with E-state index in [-0.39, 0.29) is 0 Å². The van der Waals surface area contributed by atoms with Crippen LogP contribution >= 0.6 is 0 Å². The molecule has 0 amide bonds. The average molecular weight is 530 g/mol. The highest BCUT2D eigenvalue weighted by molar-refractivity contribution is 5.82. The second kappa shape index (κ2) is 12.4. The Hall–Kier alpha value is -4.48. The lowest BCUT2D eigenvalue weighted by molar-refractivity contribution is 0.253. The van der Waals surface area contributed by atoms with Gasteiger partial charge in [-0.15, -0.1) is 0 Å². The maximum Gasteiger partial charge on any atom is 0.229 e. The third kappa shape index (κ3) is 6.51. The van der Waals surface area contributed by atoms with E-state index in [0.29, 0.717) is 35.4 Å². The van der Waals surface area contributed by atoms with Crippen molar-refractivity contribution in [2.75, 3.05) is 56.9 Å². The number of methoxy groups -OCH3 is 1. The number of nitrogens with zero attached hydrogens (tertiary/aromatic N) is 7. The molecule has 1 unspecified atom stereocenters. The smallest absolute Gasteiger partial charge is 0.229 e. The summed E-state index contributed by atoms with van der Waals surface area (Å²) in [6.45, 7) is 9.42. The highest BCUT2D eigenvalue weighted by Crippen LogP contribution is 2.38. The lowest BCUT2D eigenvalue weighted by Gasteiger charge is -2.27. The summed E-state index contributed by atoms with van der Waals surface area (Å²) in [5, 5.41) is 22.2. The number of aliphatic hydroxyl groups is 1. The lowest BCUT2D eigenvalue weighted by Crippen LogP contribution is -2.29. The molecular formula is C28H35N9O2. The maximum atomic E-state index is 10.3. The number of aromatic nitrogens is 4. The van der Waals surface area contributed by atoms with Gasteiger partial charge in [0.25, 0.3) is 0 Å². The Morgan fingerprint density at radius 3 is 2.69 bits per heavy atom. The molecule has 0 radical (unpaired) electrons. The Labute approximate surface area is 228 Å². The van der Waals surface area contributed by atoms with Crippen LogP contribution in [0.5, 0.6) is 5.75 Å². The summed E-state index contributed by atoms with van der Waals surface area (Å²) in [4.78, 5) is 17.3. The van der Waals surface area contributed by atoms with E-state index >= 15 is 0 Å². The van der Waals surface area contributed by atoms with Gasteiger partial charge in [0.1, 0.15) is 12.0 Å². The SMILES string of the molecule is C=CC(O)Nc1cc(Nc2nccc(-n3ncc4ccc(CN=C)cc43)n2)c(OC)cc1N(C)CCN(C)C. The molecule has 1 atom stereocenters. The first-order valence-electron chi connectivity index (χ1n) is 12.5. The van der Waals surface area contributed by atoms with Crippen LogP contribution in [0.4, 0.5) is 23.0 Å². The largest absolute Gasteiger partial charge is 0.494 e. The van der Waals surface area contributed by atoms with Gasteiger partial charge in [-0.2, -0.15) is 10.1 Å². The fourth-order valence-corrected chi connectivity index (χ4v) is 4.08. The number of ether oxygens (including phenoxy) is 1. The molecule has 204 valence electrons. The first-order valence-corrected chi connectivity index (χ1v) is 12.5. The molecule has 0 aliphatic rings. The molecule has 11 nitrogen and oxygen atoms in total. The predicted molar refractivity (Wildman–Crippen MR) is 158 cm³/mol. The highest BCUT2D eigenvalue weighted by atomic mass is 16.5. The fraction of sp³-hybridized carbons (Fsp3) is 0.286. The lowest BCUT2D eigenvalue weighted by atomic mass is 10.1. The van der Waals surface area contributed by atoms with Crippen LogP contribution in [0.25, 0.3) is 16.7 Å². The van der Waals surface area contributed by atoms with E-state index in [1.165, 1.54) is 6.08 Å². The van der Waals surface area contributed by atoms with E-state index in [4.69, 9.17) is 9.72 Å². The number of anilines is 4. The standard InChI is InChI=1S/C28H35N9O2/c1-7-27(38)32-21-15-22(25(39-6)16-24(21)36(5)13-12-35(3)4)33-28-30-11-10-26(34-28)37-23-14-19(17-29-2)8-9-20(23)18-31-37/h7-11,14-16,18,27,32,38H,1-2,12-13,17H2,3-6H3,(H,30,33,34). The molecule has 0 aliphatic heterocycles. The molecule has 0 saturated carbocycles. The average Bonchev–Trinajstić information content (AvgIpc) is 3.35. The quantitative estimate of drug-likeness (QED) is 0.135. The van der Waals surface area contributed by atoms with E-state index in [0.717, 1.165) is 35.2 Å². The molecule has 4 aromatic rings. The molecule has 0 fully saturated rings. The van der Waals surface area contributed by atoms with E-state index in [2.05, 4.69) is 48.8 Å². The van der Waals surface area contributed by atoms with Crippen LogP contribution in [0.1, 0.15) is 5.56 Å². The number of hydrogen-bond donors (Lipinski definition) is 3. The molecule has 2 heterocycles. The van der Waals surface area contributed by atoms with Crippen molar-refractivity contribution in [3.63, 3.8) is 0 Å². The number of aliphatic hydroxyl groups excluding tert-OH is 1. The van der Waals surface area contributed by atoms with Crippen LogP contribution in [0.15, 0.2) is 66.4 Å². The van der Waals surface area contributed by atoms with Crippen LogP contribution in [0.3, 0.4) is 0 Å². The highest BCUT2D eigenvalue weighted by Gasteiger charge is 2.17. The van der Waals surface area contributed by atoms with Crippen molar-refractivity contribution in [2.45, 2.75) is 12.8 Å². The van der Waals surface area contributed by atoms with Crippen LogP contribution in [-0.4, -0.2) is 84.0 Å². The minimum Gasteiger partial charge on any atom is -0.494 e. The molecule has 2 aromatic heterocycles. The molecular weight excluding hydrogens is 494 g/mol. The number of aliphatic imine (C=N–C) groups is 1. The van der Waals surface area contributed by atoms with Gasteiger partial charge in [0.2, 0.25) is 5.95 Å². The minimum atomic E-state index is -0.930. The third-order valence-electron chi connectivity index (χ3n) is 6.17. The zero-order chi connectivity index (χ0) is 27.9. The summed E-state index contributed by atoms with van der Waals surface area (Å²) in [5.74, 6) is 1.56. The van der Waals surface area contributed by atoms with Gasteiger partial charge >= 0.3 is 0 Å². The van der Waals surface area contributed by atoms with E-state index < -0.39 is 6.23 Å². The van der Waals surface area contributed by atoms with Crippen molar-refractivity contribution in [1.29, 1.82) is 0 Å². The van der Waals surface area contributed by atoms with Gasteiger partial charge in [-0.3, -0.25) is 4.99 Å². The number of hydrogen-bond acceptors (Lipinski definition) is 10. The number of benzene rings is 2. The topological polar surface area (TPSA) is 116 Å². The molecule has 39 heavy (non-hydrogen) atoms. The van der Waals surface area contributed by atoms with Crippen LogP contribution in [-0.2, 0) is 6.54 Å². The van der Waals surface area contributed by atoms with Gasteiger partial charge in [-0.25, -0.2) is 9.67 Å². The fourth-order valence-electron chi connectivity index (χ4n) is 4.08. The summed E-state index contributed by atoms with van der Waals surface area (Å²) in [6, 6.07) is 11.6. The van der Waals surface area contributed by atoms with Crippen molar-refractivity contribution in [2.24, 2.45) is 4.99 Å². The second-order valence-electron chi connectivity index (χ2n) is 9.31. The summed E-state index contributed by atoms with van der Waals surface area (Å²) in [5.41, 5.74) is 4.14. The Morgan fingerprint density at radius 1 is 1.15 bits per heavy atom. The van der Waals surface area contributed by atoms with E-state index in [1.807, 2.05) is 51.5 Å². The van der Waals surface area contributed by atoms with Crippen LogP contribution < -0.4 is 20.3 Å². The first kappa shape index (κ1) is 27.6. The van der Waals surface area contributed by atoms with Gasteiger partial charge in [0.05, 0.1) is 42.4 Å². The molecule has 2 aromatic carbocycles. The summed E-state index contributed by atoms with van der Waals surface area (Å²) in [6.07, 6.45) is 3.97. The maximum absolute atomic E-state index is 10.3. The Morgan fingerprint density at radius 2 is 1.97 bits per heavy atom. The summed E-state index contributed by atoms with van der Waals surface area (Å²) < 4.78 is 7.49. The molecule has 3 N–H and O–H groups in total. The number of rotatable bonds is 13. The van der Waals surface area contributed by atoms with Crippen molar-refractivity contribution in [3.05, 3.63) is 67.0 Å². The Bertz CT molecular complexity index is 1450.